The topological polar surface area (TPSA) is 37.8 Å². The zero-order valence-corrected chi connectivity index (χ0v) is 9.16. The molecule has 0 saturated carbocycles. The molecule has 1 aromatic heterocycles. The van der Waals surface area contributed by atoms with Crippen molar-refractivity contribution >= 4 is 5.82 Å². The van der Waals surface area contributed by atoms with Crippen molar-refractivity contribution in [3.8, 4) is 11.3 Å². The highest BCUT2D eigenvalue weighted by Gasteiger charge is 2.07. The van der Waals surface area contributed by atoms with Crippen LogP contribution in [0.25, 0.3) is 11.3 Å². The Labute approximate surface area is 93.3 Å². The summed E-state index contributed by atoms with van der Waals surface area (Å²) in [6, 6.07) is 8.36. The van der Waals surface area contributed by atoms with Crippen molar-refractivity contribution in [2.24, 2.45) is 0 Å². The second-order valence-corrected chi connectivity index (χ2v) is 3.49. The molecule has 0 unspecified atom stereocenters. The summed E-state index contributed by atoms with van der Waals surface area (Å²) in [6.45, 7) is 1.91. The van der Waals surface area contributed by atoms with Crippen LogP contribution < -0.4 is 5.32 Å². The fourth-order valence-electron chi connectivity index (χ4n) is 1.53. The lowest BCUT2D eigenvalue weighted by Gasteiger charge is -2.06. The van der Waals surface area contributed by atoms with Crippen molar-refractivity contribution in [2.75, 3.05) is 12.4 Å². The van der Waals surface area contributed by atoms with Crippen molar-refractivity contribution in [1.29, 1.82) is 0 Å². The molecule has 4 heteroatoms. The van der Waals surface area contributed by atoms with E-state index in [0.717, 1.165) is 5.56 Å². The van der Waals surface area contributed by atoms with Gasteiger partial charge in [-0.1, -0.05) is 12.1 Å². The third-order valence-corrected chi connectivity index (χ3v) is 2.37. The van der Waals surface area contributed by atoms with E-state index in [0.29, 0.717) is 17.1 Å². The van der Waals surface area contributed by atoms with E-state index in [-0.39, 0.29) is 5.82 Å². The van der Waals surface area contributed by atoms with Gasteiger partial charge >= 0.3 is 0 Å². The molecule has 0 spiro atoms. The quantitative estimate of drug-likeness (QED) is 0.840. The molecule has 0 atom stereocenters. The maximum absolute atomic E-state index is 13.5. The average Bonchev–Trinajstić information content (AvgIpc) is 2.29. The van der Waals surface area contributed by atoms with Gasteiger partial charge in [0.25, 0.3) is 0 Å². The first kappa shape index (κ1) is 10.5. The molecule has 1 N–H and O–H groups in total. The highest BCUT2D eigenvalue weighted by atomic mass is 19.1. The Bertz CT molecular complexity index is 511. The van der Waals surface area contributed by atoms with Gasteiger partial charge in [0, 0.05) is 12.6 Å². The van der Waals surface area contributed by atoms with Crippen LogP contribution in [0.1, 0.15) is 5.56 Å². The van der Waals surface area contributed by atoms with Crippen LogP contribution in [-0.4, -0.2) is 17.2 Å². The lowest BCUT2D eigenvalue weighted by Crippen LogP contribution is -1.99. The average molecular weight is 217 g/mol. The summed E-state index contributed by atoms with van der Waals surface area (Å²) in [7, 11) is 1.78. The standard InChI is InChI=1S/C12H12FN3/c1-8-7-11(15-16-12(8)14-2)9-5-3-4-6-10(9)13/h3-7H,1-2H3,(H,14,16). The van der Waals surface area contributed by atoms with Gasteiger partial charge in [0.2, 0.25) is 0 Å². The Hall–Kier alpha value is -1.97. The van der Waals surface area contributed by atoms with Crippen LogP contribution in [0, 0.1) is 12.7 Å². The van der Waals surface area contributed by atoms with E-state index in [2.05, 4.69) is 15.5 Å². The molecular formula is C12H12FN3. The smallest absolute Gasteiger partial charge is 0.151 e. The molecule has 0 aliphatic heterocycles. The van der Waals surface area contributed by atoms with E-state index < -0.39 is 0 Å². The van der Waals surface area contributed by atoms with Gasteiger partial charge in [-0.05, 0) is 30.7 Å². The van der Waals surface area contributed by atoms with Gasteiger partial charge in [0.05, 0.1) is 5.69 Å². The Balaban J connectivity index is 2.50. The molecule has 16 heavy (non-hydrogen) atoms. The molecule has 0 aliphatic carbocycles. The maximum Gasteiger partial charge on any atom is 0.151 e. The van der Waals surface area contributed by atoms with Gasteiger partial charge < -0.3 is 5.32 Å². The molecule has 0 aliphatic rings. The summed E-state index contributed by atoms with van der Waals surface area (Å²) < 4.78 is 13.5. The second kappa shape index (κ2) is 4.26. The van der Waals surface area contributed by atoms with E-state index in [4.69, 9.17) is 0 Å². The maximum atomic E-state index is 13.5. The summed E-state index contributed by atoms with van der Waals surface area (Å²) in [5, 5.41) is 10.9. The molecule has 3 nitrogen and oxygen atoms in total. The molecular weight excluding hydrogens is 205 g/mol. The van der Waals surface area contributed by atoms with Gasteiger partial charge in [-0.15, -0.1) is 10.2 Å². The minimum atomic E-state index is -0.284. The predicted octanol–water partition coefficient (Wildman–Crippen LogP) is 2.63. The highest BCUT2D eigenvalue weighted by Crippen LogP contribution is 2.22. The molecule has 2 rings (SSSR count). The van der Waals surface area contributed by atoms with Crippen molar-refractivity contribution in [3.05, 3.63) is 41.7 Å². The lowest BCUT2D eigenvalue weighted by molar-refractivity contribution is 0.630. The van der Waals surface area contributed by atoms with Crippen molar-refractivity contribution in [2.45, 2.75) is 6.92 Å². The van der Waals surface area contributed by atoms with Crippen LogP contribution in [0.3, 0.4) is 0 Å². The van der Waals surface area contributed by atoms with Crippen LogP contribution in [-0.2, 0) is 0 Å². The van der Waals surface area contributed by atoms with Crippen molar-refractivity contribution in [3.63, 3.8) is 0 Å². The number of hydrogen-bond donors (Lipinski definition) is 1. The van der Waals surface area contributed by atoms with Gasteiger partial charge in [0.15, 0.2) is 5.82 Å². The van der Waals surface area contributed by atoms with Gasteiger partial charge in [-0.2, -0.15) is 0 Å². The molecule has 1 aromatic carbocycles. The zero-order valence-electron chi connectivity index (χ0n) is 9.16. The van der Waals surface area contributed by atoms with E-state index in [1.807, 2.05) is 13.0 Å². The van der Waals surface area contributed by atoms with Gasteiger partial charge in [-0.3, -0.25) is 0 Å². The number of benzene rings is 1. The molecule has 0 bridgehead atoms. The number of anilines is 1. The molecule has 0 amide bonds. The minimum absolute atomic E-state index is 0.284. The molecule has 82 valence electrons. The number of halogens is 1. The fourth-order valence-corrected chi connectivity index (χ4v) is 1.53. The normalized spacial score (nSPS) is 10.2. The molecule has 0 fully saturated rings. The number of nitrogens with one attached hydrogen (secondary N) is 1. The number of rotatable bonds is 2. The first-order chi connectivity index (χ1) is 7.72. The van der Waals surface area contributed by atoms with E-state index in [1.165, 1.54) is 6.07 Å². The molecule has 2 aromatic rings. The van der Waals surface area contributed by atoms with Crippen molar-refractivity contribution < 1.29 is 4.39 Å². The Morgan fingerprint density at radius 3 is 2.56 bits per heavy atom. The minimum Gasteiger partial charge on any atom is -0.371 e. The summed E-state index contributed by atoms with van der Waals surface area (Å²) in [4.78, 5) is 0. The Morgan fingerprint density at radius 2 is 1.94 bits per heavy atom. The van der Waals surface area contributed by atoms with Crippen LogP contribution in [0.2, 0.25) is 0 Å². The third kappa shape index (κ3) is 1.86. The van der Waals surface area contributed by atoms with Crippen LogP contribution in [0.15, 0.2) is 30.3 Å². The van der Waals surface area contributed by atoms with Crippen molar-refractivity contribution in [1.82, 2.24) is 10.2 Å². The summed E-state index contributed by atoms with van der Waals surface area (Å²) in [6.07, 6.45) is 0. The molecule has 0 saturated heterocycles. The number of aromatic nitrogens is 2. The first-order valence-corrected chi connectivity index (χ1v) is 4.99. The Kier molecular flexibility index (Phi) is 2.81. The van der Waals surface area contributed by atoms with Crippen LogP contribution in [0.5, 0.6) is 0 Å². The second-order valence-electron chi connectivity index (χ2n) is 3.49. The molecule has 0 radical (unpaired) electrons. The first-order valence-electron chi connectivity index (χ1n) is 4.99. The number of aryl methyl sites for hydroxylation is 1. The van der Waals surface area contributed by atoms with Gasteiger partial charge in [0.1, 0.15) is 5.82 Å². The van der Waals surface area contributed by atoms with Crippen LogP contribution in [0.4, 0.5) is 10.2 Å². The SMILES string of the molecule is CNc1nnc(-c2ccccc2F)cc1C. The third-order valence-electron chi connectivity index (χ3n) is 2.37. The van der Waals surface area contributed by atoms with Crippen LogP contribution >= 0.6 is 0 Å². The highest BCUT2D eigenvalue weighted by molar-refractivity contribution is 5.62. The lowest BCUT2D eigenvalue weighted by atomic mass is 10.1. The largest absolute Gasteiger partial charge is 0.371 e. The number of nitrogens with zero attached hydrogens (tertiary/aromatic N) is 2. The monoisotopic (exact) mass is 217 g/mol. The summed E-state index contributed by atoms with van der Waals surface area (Å²) in [5.41, 5.74) is 1.96. The Morgan fingerprint density at radius 1 is 1.19 bits per heavy atom. The van der Waals surface area contributed by atoms with E-state index in [1.54, 1.807) is 25.2 Å². The number of hydrogen-bond acceptors (Lipinski definition) is 3. The van der Waals surface area contributed by atoms with E-state index >= 15 is 0 Å². The summed E-state index contributed by atoms with van der Waals surface area (Å²) in [5.74, 6) is 0.425. The van der Waals surface area contributed by atoms with Gasteiger partial charge in [-0.25, -0.2) is 4.39 Å². The zero-order chi connectivity index (χ0) is 11.5. The molecule has 1 heterocycles. The fraction of sp³-hybridized carbons (Fsp3) is 0.167. The summed E-state index contributed by atoms with van der Waals surface area (Å²) >= 11 is 0. The van der Waals surface area contributed by atoms with E-state index in [9.17, 15) is 4.39 Å². The predicted molar refractivity (Wildman–Crippen MR) is 61.7 cm³/mol.